The van der Waals surface area contributed by atoms with Crippen molar-refractivity contribution in [3.63, 3.8) is 0 Å². The Balaban J connectivity index is 1.65. The van der Waals surface area contributed by atoms with E-state index < -0.39 is 0 Å². The van der Waals surface area contributed by atoms with Gasteiger partial charge in [0, 0.05) is 50.4 Å². The van der Waals surface area contributed by atoms with Crippen LogP contribution in [0.3, 0.4) is 0 Å². The Kier molecular flexibility index (Phi) is 4.66. The molecule has 0 saturated carbocycles. The van der Waals surface area contributed by atoms with E-state index in [1.54, 1.807) is 0 Å². The molecule has 0 radical (unpaired) electrons. The molecule has 5 nitrogen and oxygen atoms in total. The molecular formula is C18H25N3O2. The molecule has 1 aromatic rings. The summed E-state index contributed by atoms with van der Waals surface area (Å²) in [5.74, 6) is 0.753. The van der Waals surface area contributed by atoms with Crippen LogP contribution in [0.2, 0.25) is 0 Å². The number of amides is 2. The van der Waals surface area contributed by atoms with Gasteiger partial charge >= 0.3 is 0 Å². The van der Waals surface area contributed by atoms with Crippen molar-refractivity contribution in [2.45, 2.75) is 26.7 Å². The second-order valence-electron chi connectivity index (χ2n) is 6.91. The Labute approximate surface area is 137 Å². The summed E-state index contributed by atoms with van der Waals surface area (Å²) in [5.41, 5.74) is 2.58. The van der Waals surface area contributed by atoms with Crippen molar-refractivity contribution in [2.75, 3.05) is 38.0 Å². The van der Waals surface area contributed by atoms with Gasteiger partial charge in [-0.15, -0.1) is 0 Å². The number of aryl methyl sites for hydroxylation is 1. The molecule has 1 fully saturated rings. The Morgan fingerprint density at radius 2 is 1.91 bits per heavy atom. The molecule has 2 heterocycles. The van der Waals surface area contributed by atoms with Gasteiger partial charge in [-0.25, -0.2) is 0 Å². The molecule has 23 heavy (non-hydrogen) atoms. The van der Waals surface area contributed by atoms with E-state index in [9.17, 15) is 9.59 Å². The number of anilines is 1. The molecule has 1 aromatic carbocycles. The molecule has 5 heteroatoms. The molecule has 1 saturated heterocycles. The van der Waals surface area contributed by atoms with Gasteiger partial charge in [0.15, 0.2) is 0 Å². The summed E-state index contributed by atoms with van der Waals surface area (Å²) in [4.78, 5) is 28.5. The van der Waals surface area contributed by atoms with Gasteiger partial charge in [-0.1, -0.05) is 19.9 Å². The van der Waals surface area contributed by atoms with Crippen LogP contribution >= 0.6 is 0 Å². The number of rotatable bonds is 3. The number of piperazine rings is 1. The average Bonchev–Trinajstić information content (AvgIpc) is 2.53. The van der Waals surface area contributed by atoms with Crippen molar-refractivity contribution in [1.29, 1.82) is 0 Å². The first kappa shape index (κ1) is 16.0. The fraction of sp³-hybridized carbons (Fsp3) is 0.556. The third kappa shape index (κ3) is 3.72. The molecule has 1 N–H and O–H groups in total. The van der Waals surface area contributed by atoms with Gasteiger partial charge in [-0.05, 0) is 30.0 Å². The van der Waals surface area contributed by atoms with Crippen LogP contribution in [0.5, 0.6) is 0 Å². The Bertz CT molecular complexity index is 604. The number of benzene rings is 1. The number of fused-ring (bicyclic) bond motifs is 1. The smallest absolute Gasteiger partial charge is 0.254 e. The molecule has 2 amide bonds. The second-order valence-corrected chi connectivity index (χ2v) is 6.91. The lowest BCUT2D eigenvalue weighted by Crippen LogP contribution is -2.49. The highest BCUT2D eigenvalue weighted by Gasteiger charge is 2.24. The van der Waals surface area contributed by atoms with Crippen LogP contribution in [0.1, 0.15) is 36.2 Å². The summed E-state index contributed by atoms with van der Waals surface area (Å²) >= 11 is 0. The zero-order chi connectivity index (χ0) is 16.4. The molecule has 0 aromatic heterocycles. The van der Waals surface area contributed by atoms with Crippen LogP contribution in [0.25, 0.3) is 0 Å². The summed E-state index contributed by atoms with van der Waals surface area (Å²) in [7, 11) is 0. The van der Waals surface area contributed by atoms with E-state index in [2.05, 4.69) is 24.1 Å². The third-order valence-electron chi connectivity index (χ3n) is 4.54. The van der Waals surface area contributed by atoms with Crippen LogP contribution in [0.15, 0.2) is 18.2 Å². The monoisotopic (exact) mass is 315 g/mol. The van der Waals surface area contributed by atoms with Crippen LogP contribution < -0.4 is 5.32 Å². The van der Waals surface area contributed by atoms with E-state index in [1.807, 2.05) is 23.1 Å². The van der Waals surface area contributed by atoms with Crippen LogP contribution in [-0.4, -0.2) is 54.3 Å². The molecule has 3 rings (SSSR count). The van der Waals surface area contributed by atoms with E-state index in [0.717, 1.165) is 50.4 Å². The Morgan fingerprint density at radius 1 is 1.17 bits per heavy atom. The minimum Gasteiger partial charge on any atom is -0.336 e. The van der Waals surface area contributed by atoms with Gasteiger partial charge in [0.25, 0.3) is 5.91 Å². The largest absolute Gasteiger partial charge is 0.336 e. The van der Waals surface area contributed by atoms with E-state index in [4.69, 9.17) is 0 Å². The highest BCUT2D eigenvalue weighted by atomic mass is 16.2. The normalized spacial score (nSPS) is 18.7. The number of nitrogens with one attached hydrogen (secondary N) is 1. The maximum Gasteiger partial charge on any atom is 0.254 e. The molecular weight excluding hydrogens is 290 g/mol. The molecule has 2 aliphatic rings. The van der Waals surface area contributed by atoms with Crippen molar-refractivity contribution in [2.24, 2.45) is 5.92 Å². The maximum absolute atomic E-state index is 12.7. The predicted molar refractivity (Wildman–Crippen MR) is 90.6 cm³/mol. The van der Waals surface area contributed by atoms with Gasteiger partial charge in [-0.2, -0.15) is 0 Å². The first-order valence-electron chi connectivity index (χ1n) is 8.47. The molecule has 0 atom stereocenters. The van der Waals surface area contributed by atoms with Crippen molar-refractivity contribution < 1.29 is 9.59 Å². The second kappa shape index (κ2) is 6.71. The average molecular weight is 315 g/mol. The van der Waals surface area contributed by atoms with Crippen LogP contribution in [0.4, 0.5) is 5.69 Å². The summed E-state index contributed by atoms with van der Waals surface area (Å²) in [5, 5.41) is 2.87. The van der Waals surface area contributed by atoms with E-state index in [1.165, 1.54) is 0 Å². The lowest BCUT2D eigenvalue weighted by molar-refractivity contribution is -0.116. The summed E-state index contributed by atoms with van der Waals surface area (Å²) in [6.45, 7) is 8.95. The van der Waals surface area contributed by atoms with Crippen molar-refractivity contribution in [3.05, 3.63) is 29.3 Å². The summed E-state index contributed by atoms with van der Waals surface area (Å²) in [6.07, 6.45) is 1.28. The van der Waals surface area contributed by atoms with E-state index in [0.29, 0.717) is 17.9 Å². The predicted octanol–water partition coefficient (Wildman–Crippen LogP) is 1.99. The van der Waals surface area contributed by atoms with E-state index in [-0.39, 0.29) is 11.8 Å². The number of carbonyl (C=O) groups excluding carboxylic acids is 2. The quantitative estimate of drug-likeness (QED) is 0.928. The van der Waals surface area contributed by atoms with Crippen molar-refractivity contribution in [3.8, 4) is 0 Å². The number of hydrogen-bond donors (Lipinski definition) is 1. The lowest BCUT2D eigenvalue weighted by Gasteiger charge is -2.35. The molecule has 0 bridgehead atoms. The molecule has 0 unspecified atom stereocenters. The highest BCUT2D eigenvalue weighted by Crippen LogP contribution is 2.24. The minimum atomic E-state index is 0.0319. The van der Waals surface area contributed by atoms with Gasteiger partial charge < -0.3 is 10.2 Å². The fourth-order valence-corrected chi connectivity index (χ4v) is 3.34. The van der Waals surface area contributed by atoms with Crippen LogP contribution in [-0.2, 0) is 11.2 Å². The summed E-state index contributed by atoms with van der Waals surface area (Å²) < 4.78 is 0. The Hall–Kier alpha value is -1.88. The standard InChI is InChI=1S/C18H25N3O2/c1-13(2)12-20-7-9-21(10-8-20)18(23)15-4-3-14-5-6-17(22)19-16(14)11-15/h3-4,11,13H,5-10,12H2,1-2H3,(H,19,22). The van der Waals surface area contributed by atoms with Gasteiger partial charge in [0.05, 0.1) is 0 Å². The fourth-order valence-electron chi connectivity index (χ4n) is 3.34. The van der Waals surface area contributed by atoms with Crippen molar-refractivity contribution >= 4 is 17.5 Å². The van der Waals surface area contributed by atoms with Gasteiger partial charge in [0.2, 0.25) is 5.91 Å². The van der Waals surface area contributed by atoms with E-state index >= 15 is 0 Å². The molecule has 0 aliphatic carbocycles. The van der Waals surface area contributed by atoms with Gasteiger partial charge in [0.1, 0.15) is 0 Å². The molecule has 2 aliphatic heterocycles. The maximum atomic E-state index is 12.7. The summed E-state index contributed by atoms with van der Waals surface area (Å²) in [6, 6.07) is 5.69. The zero-order valence-corrected chi connectivity index (χ0v) is 14.0. The Morgan fingerprint density at radius 3 is 2.61 bits per heavy atom. The topological polar surface area (TPSA) is 52.6 Å². The lowest BCUT2D eigenvalue weighted by atomic mass is 10.0. The van der Waals surface area contributed by atoms with Crippen molar-refractivity contribution in [1.82, 2.24) is 9.80 Å². The number of hydrogen-bond acceptors (Lipinski definition) is 3. The molecule has 124 valence electrons. The minimum absolute atomic E-state index is 0.0319. The zero-order valence-electron chi connectivity index (χ0n) is 14.0. The molecule has 0 spiro atoms. The first-order chi connectivity index (χ1) is 11.0. The third-order valence-corrected chi connectivity index (χ3v) is 4.54. The number of carbonyl (C=O) groups is 2. The SMILES string of the molecule is CC(C)CN1CCN(C(=O)c2ccc3c(c2)NC(=O)CC3)CC1. The highest BCUT2D eigenvalue weighted by molar-refractivity contribution is 5.99. The van der Waals surface area contributed by atoms with Crippen LogP contribution in [0, 0.1) is 5.92 Å². The number of nitrogens with zero attached hydrogens (tertiary/aromatic N) is 2. The first-order valence-corrected chi connectivity index (χ1v) is 8.47. The van der Waals surface area contributed by atoms with Gasteiger partial charge in [-0.3, -0.25) is 14.5 Å².